The lowest BCUT2D eigenvalue weighted by molar-refractivity contribution is 0.102. The highest BCUT2D eigenvalue weighted by Gasteiger charge is 2.18. The van der Waals surface area contributed by atoms with Crippen LogP contribution >= 0.6 is 22.9 Å². The fraction of sp³-hybridized carbons (Fsp3) is 0.188. The molecule has 2 aromatic heterocycles. The highest BCUT2D eigenvalue weighted by Crippen LogP contribution is 2.33. The van der Waals surface area contributed by atoms with Crippen LogP contribution < -0.4 is 5.32 Å². The Bertz CT molecular complexity index is 841. The van der Waals surface area contributed by atoms with Gasteiger partial charge >= 0.3 is 0 Å². The molecule has 0 aliphatic rings. The summed E-state index contributed by atoms with van der Waals surface area (Å²) in [5, 5.41) is 13.3. The number of hydrogen-bond donors (Lipinski definition) is 1. The van der Waals surface area contributed by atoms with Crippen molar-refractivity contribution < 1.29 is 9.21 Å². The summed E-state index contributed by atoms with van der Waals surface area (Å²) in [6.45, 7) is 3.96. The maximum atomic E-state index is 12.3. The number of carbonyl (C=O) groups is 1. The molecule has 0 unspecified atom stereocenters. The van der Waals surface area contributed by atoms with Gasteiger partial charge in [0.2, 0.25) is 5.89 Å². The van der Waals surface area contributed by atoms with Crippen molar-refractivity contribution in [2.24, 2.45) is 0 Å². The van der Waals surface area contributed by atoms with Crippen molar-refractivity contribution in [3.63, 3.8) is 0 Å². The zero-order valence-electron chi connectivity index (χ0n) is 12.5. The molecule has 1 amide bonds. The fourth-order valence-electron chi connectivity index (χ4n) is 1.96. The molecule has 118 valence electrons. The van der Waals surface area contributed by atoms with Crippen LogP contribution in [0.25, 0.3) is 10.8 Å². The average Bonchev–Trinajstić information content (AvgIpc) is 3.15. The molecule has 1 aromatic carbocycles. The van der Waals surface area contributed by atoms with Gasteiger partial charge in [-0.25, -0.2) is 0 Å². The molecule has 0 aliphatic carbocycles. The van der Waals surface area contributed by atoms with Gasteiger partial charge in [-0.1, -0.05) is 31.5 Å². The van der Waals surface area contributed by atoms with Gasteiger partial charge in [-0.2, -0.15) is 0 Å². The Morgan fingerprint density at radius 1 is 1.30 bits per heavy atom. The van der Waals surface area contributed by atoms with Crippen LogP contribution in [0.5, 0.6) is 0 Å². The maximum Gasteiger partial charge on any atom is 0.259 e. The van der Waals surface area contributed by atoms with Crippen LogP contribution in [-0.4, -0.2) is 16.1 Å². The summed E-state index contributed by atoms with van der Waals surface area (Å²) < 4.78 is 5.65. The lowest BCUT2D eigenvalue weighted by Gasteiger charge is -2.05. The van der Waals surface area contributed by atoms with Gasteiger partial charge in [0.1, 0.15) is 4.88 Å². The normalized spacial score (nSPS) is 11.0. The van der Waals surface area contributed by atoms with E-state index in [1.54, 1.807) is 24.3 Å². The van der Waals surface area contributed by atoms with Gasteiger partial charge in [-0.3, -0.25) is 4.79 Å². The van der Waals surface area contributed by atoms with E-state index in [0.29, 0.717) is 28.1 Å². The molecular formula is C16H14ClN3O2S. The topological polar surface area (TPSA) is 68.0 Å². The molecule has 0 saturated heterocycles. The van der Waals surface area contributed by atoms with E-state index in [-0.39, 0.29) is 11.8 Å². The van der Waals surface area contributed by atoms with Gasteiger partial charge in [-0.05, 0) is 29.6 Å². The Hall–Kier alpha value is -2.18. The number of nitrogens with zero attached hydrogens (tertiary/aromatic N) is 2. The molecule has 0 spiro atoms. The lowest BCUT2D eigenvalue weighted by atomic mass is 10.2. The predicted molar refractivity (Wildman–Crippen MR) is 91.1 cm³/mol. The van der Waals surface area contributed by atoms with Crippen LogP contribution in [0.2, 0.25) is 5.02 Å². The summed E-state index contributed by atoms with van der Waals surface area (Å²) in [5.41, 5.74) is 1.13. The summed E-state index contributed by atoms with van der Waals surface area (Å²) in [6.07, 6.45) is 0. The molecule has 0 bridgehead atoms. The second-order valence-corrected chi connectivity index (χ2v) is 6.58. The van der Waals surface area contributed by atoms with Crippen LogP contribution in [0.1, 0.15) is 36.0 Å². The Balaban J connectivity index is 1.84. The Morgan fingerprint density at radius 3 is 2.83 bits per heavy atom. The molecule has 0 fully saturated rings. The van der Waals surface area contributed by atoms with Crippen molar-refractivity contribution >= 4 is 34.5 Å². The summed E-state index contributed by atoms with van der Waals surface area (Å²) in [5.74, 6) is 0.891. The molecule has 0 aliphatic heterocycles. The van der Waals surface area contributed by atoms with Gasteiger partial charge in [-0.15, -0.1) is 21.5 Å². The van der Waals surface area contributed by atoms with Crippen LogP contribution in [0, 0.1) is 0 Å². The molecule has 2 heterocycles. The minimum Gasteiger partial charge on any atom is -0.420 e. The number of nitrogens with one attached hydrogen (secondary N) is 1. The minimum atomic E-state index is -0.240. The first-order valence-electron chi connectivity index (χ1n) is 7.03. The number of rotatable bonds is 4. The molecule has 23 heavy (non-hydrogen) atoms. The summed E-state index contributed by atoms with van der Waals surface area (Å²) in [7, 11) is 0. The highest BCUT2D eigenvalue weighted by atomic mass is 35.5. The molecule has 0 saturated carbocycles. The maximum absolute atomic E-state index is 12.3. The third kappa shape index (κ3) is 3.43. The highest BCUT2D eigenvalue weighted by molar-refractivity contribution is 7.14. The van der Waals surface area contributed by atoms with E-state index in [1.807, 2.05) is 25.3 Å². The van der Waals surface area contributed by atoms with E-state index in [4.69, 9.17) is 16.0 Å². The van der Waals surface area contributed by atoms with E-state index in [9.17, 15) is 4.79 Å². The average molecular weight is 348 g/mol. The van der Waals surface area contributed by atoms with Crippen LogP contribution in [0.4, 0.5) is 5.69 Å². The molecule has 7 heteroatoms. The van der Waals surface area contributed by atoms with Crippen molar-refractivity contribution in [2.75, 3.05) is 5.32 Å². The third-order valence-corrected chi connectivity index (χ3v) is 4.27. The number of aromatic nitrogens is 2. The molecule has 0 atom stereocenters. The van der Waals surface area contributed by atoms with E-state index in [2.05, 4.69) is 15.5 Å². The van der Waals surface area contributed by atoms with Crippen molar-refractivity contribution in [3.8, 4) is 10.8 Å². The second-order valence-electron chi connectivity index (χ2n) is 5.23. The van der Waals surface area contributed by atoms with Gasteiger partial charge in [0.25, 0.3) is 11.8 Å². The first-order valence-corrected chi connectivity index (χ1v) is 8.28. The smallest absolute Gasteiger partial charge is 0.259 e. The zero-order valence-corrected chi connectivity index (χ0v) is 14.1. The number of benzene rings is 1. The zero-order chi connectivity index (χ0) is 16.4. The third-order valence-electron chi connectivity index (χ3n) is 3.13. The van der Waals surface area contributed by atoms with Crippen molar-refractivity contribution in [1.82, 2.24) is 10.2 Å². The summed E-state index contributed by atoms with van der Waals surface area (Å²) in [6, 6.07) is 8.59. The molecule has 5 nitrogen and oxygen atoms in total. The number of carbonyl (C=O) groups excluding carboxylic acids is 1. The lowest BCUT2D eigenvalue weighted by Crippen LogP contribution is -2.11. The fourth-order valence-corrected chi connectivity index (χ4v) is 2.92. The van der Waals surface area contributed by atoms with E-state index in [1.165, 1.54) is 11.3 Å². The molecular weight excluding hydrogens is 334 g/mol. The number of anilines is 1. The SMILES string of the molecule is CC(C)c1nnc(-c2sccc2NC(=O)c2cccc(Cl)c2)o1. The molecule has 0 radical (unpaired) electrons. The number of hydrogen-bond acceptors (Lipinski definition) is 5. The number of amides is 1. The standard InChI is InChI=1S/C16H14ClN3O2S/c1-9(2)15-19-20-16(22-15)13-12(6-7-23-13)18-14(21)10-4-3-5-11(17)8-10/h3-9H,1-2H3,(H,18,21). The quantitative estimate of drug-likeness (QED) is 0.734. The van der Waals surface area contributed by atoms with Gasteiger partial charge in [0.15, 0.2) is 0 Å². The van der Waals surface area contributed by atoms with E-state index >= 15 is 0 Å². The first kappa shape index (κ1) is 15.7. The summed E-state index contributed by atoms with van der Waals surface area (Å²) in [4.78, 5) is 13.1. The summed E-state index contributed by atoms with van der Waals surface area (Å²) >= 11 is 7.35. The molecule has 3 rings (SSSR count). The van der Waals surface area contributed by atoms with Crippen LogP contribution in [-0.2, 0) is 0 Å². The Kier molecular flexibility index (Phi) is 4.45. The number of thiophene rings is 1. The largest absolute Gasteiger partial charge is 0.420 e. The Labute approximate surface area is 142 Å². The van der Waals surface area contributed by atoms with Crippen molar-refractivity contribution in [2.45, 2.75) is 19.8 Å². The van der Waals surface area contributed by atoms with E-state index in [0.717, 1.165) is 4.88 Å². The van der Waals surface area contributed by atoms with Crippen LogP contribution in [0.15, 0.2) is 40.1 Å². The number of halogens is 1. The van der Waals surface area contributed by atoms with Gasteiger partial charge in [0, 0.05) is 16.5 Å². The van der Waals surface area contributed by atoms with Crippen molar-refractivity contribution in [3.05, 3.63) is 52.2 Å². The predicted octanol–water partition coefficient (Wildman–Crippen LogP) is 4.83. The van der Waals surface area contributed by atoms with Crippen molar-refractivity contribution in [1.29, 1.82) is 0 Å². The minimum absolute atomic E-state index is 0.153. The second kappa shape index (κ2) is 6.52. The van der Waals surface area contributed by atoms with Gasteiger partial charge in [0.05, 0.1) is 5.69 Å². The molecule has 1 N–H and O–H groups in total. The molecule has 3 aromatic rings. The Morgan fingerprint density at radius 2 is 2.13 bits per heavy atom. The van der Waals surface area contributed by atoms with Gasteiger partial charge < -0.3 is 9.73 Å². The first-order chi connectivity index (χ1) is 11.0. The monoisotopic (exact) mass is 347 g/mol. The van der Waals surface area contributed by atoms with Crippen LogP contribution in [0.3, 0.4) is 0 Å². The van der Waals surface area contributed by atoms with E-state index < -0.39 is 0 Å².